The van der Waals surface area contributed by atoms with Crippen molar-refractivity contribution >= 4 is 0 Å². The lowest BCUT2D eigenvalue weighted by molar-refractivity contribution is -0.106. The summed E-state index contributed by atoms with van der Waals surface area (Å²) in [4.78, 5) is 0. The Balaban J connectivity index is 1.77. The van der Waals surface area contributed by atoms with Gasteiger partial charge < -0.3 is 18.9 Å². The van der Waals surface area contributed by atoms with Gasteiger partial charge in [0.2, 0.25) is 0 Å². The summed E-state index contributed by atoms with van der Waals surface area (Å²) in [7, 11) is 3.21. The molecule has 0 fully saturated rings. The van der Waals surface area contributed by atoms with E-state index in [0.717, 1.165) is 16.7 Å². The van der Waals surface area contributed by atoms with Crippen LogP contribution in [0.5, 0.6) is 11.5 Å². The molecule has 0 aromatic heterocycles. The van der Waals surface area contributed by atoms with Gasteiger partial charge in [0.25, 0.3) is 0 Å². The summed E-state index contributed by atoms with van der Waals surface area (Å²) < 4.78 is 22.7. The minimum absolute atomic E-state index is 0.479. The van der Waals surface area contributed by atoms with Crippen LogP contribution in [-0.4, -0.2) is 14.2 Å². The van der Waals surface area contributed by atoms with Crippen LogP contribution in [0.2, 0.25) is 0 Å². The van der Waals surface area contributed by atoms with Crippen molar-refractivity contribution in [3.05, 3.63) is 95.6 Å². The van der Waals surface area contributed by atoms with E-state index >= 15 is 0 Å². The van der Waals surface area contributed by atoms with Gasteiger partial charge in [0.1, 0.15) is 24.7 Å². The molecule has 4 nitrogen and oxygen atoms in total. The molecule has 0 heterocycles. The van der Waals surface area contributed by atoms with Crippen LogP contribution >= 0.6 is 0 Å². The average molecular weight is 364 g/mol. The number of hydrogen-bond acceptors (Lipinski definition) is 4. The molecule has 3 aromatic rings. The lowest BCUT2D eigenvalue weighted by Crippen LogP contribution is -2.05. The molecule has 0 saturated heterocycles. The summed E-state index contributed by atoms with van der Waals surface area (Å²) in [6.45, 7) is 0.958. The van der Waals surface area contributed by atoms with Crippen LogP contribution in [0, 0.1) is 0 Å². The van der Waals surface area contributed by atoms with E-state index in [1.54, 1.807) is 14.2 Å². The maximum Gasteiger partial charge on any atom is 0.183 e. The number of methoxy groups -OCH3 is 2. The fourth-order valence-corrected chi connectivity index (χ4v) is 2.75. The van der Waals surface area contributed by atoms with Gasteiger partial charge in [-0.05, 0) is 23.3 Å². The Bertz CT molecular complexity index is 753. The molecule has 0 atom stereocenters. The third-order valence-electron chi connectivity index (χ3n) is 4.10. The summed E-state index contributed by atoms with van der Waals surface area (Å²) in [5.74, 6) is 1.41. The number of ether oxygens (including phenoxy) is 4. The summed E-state index contributed by atoms with van der Waals surface area (Å²) in [5.41, 5.74) is 3.04. The van der Waals surface area contributed by atoms with Gasteiger partial charge in [-0.1, -0.05) is 60.7 Å². The van der Waals surface area contributed by atoms with Crippen molar-refractivity contribution in [1.82, 2.24) is 0 Å². The van der Waals surface area contributed by atoms with Crippen LogP contribution in [0.25, 0.3) is 0 Å². The second-order valence-corrected chi connectivity index (χ2v) is 6.09. The molecular formula is C23H24O4. The highest BCUT2D eigenvalue weighted by Crippen LogP contribution is 2.29. The Morgan fingerprint density at radius 3 is 1.48 bits per heavy atom. The number of hydrogen-bond donors (Lipinski definition) is 0. The molecule has 27 heavy (non-hydrogen) atoms. The molecule has 0 bridgehead atoms. The minimum Gasteiger partial charge on any atom is -0.489 e. The van der Waals surface area contributed by atoms with Crippen molar-refractivity contribution in [1.29, 1.82) is 0 Å². The van der Waals surface area contributed by atoms with Crippen molar-refractivity contribution in [2.45, 2.75) is 19.5 Å². The molecule has 0 spiro atoms. The maximum atomic E-state index is 5.97. The second kappa shape index (κ2) is 9.76. The second-order valence-electron chi connectivity index (χ2n) is 6.09. The molecule has 0 N–H and O–H groups in total. The standard InChI is InChI=1S/C23H24O4/c1-24-23(25-2)20-13-21(26-16-18-9-5-3-6-10-18)15-22(14-20)27-17-19-11-7-4-8-12-19/h3-15,23H,16-17H2,1-2H3. The molecule has 0 aliphatic carbocycles. The topological polar surface area (TPSA) is 36.9 Å². The van der Waals surface area contributed by atoms with Crippen LogP contribution in [0.15, 0.2) is 78.9 Å². The lowest BCUT2D eigenvalue weighted by Gasteiger charge is -2.17. The van der Waals surface area contributed by atoms with Crippen LogP contribution < -0.4 is 9.47 Å². The first-order valence-electron chi connectivity index (χ1n) is 8.82. The van der Waals surface area contributed by atoms with E-state index in [0.29, 0.717) is 24.7 Å². The summed E-state index contributed by atoms with van der Waals surface area (Å²) >= 11 is 0. The molecule has 0 radical (unpaired) electrons. The van der Waals surface area contributed by atoms with Gasteiger partial charge in [0.15, 0.2) is 6.29 Å². The van der Waals surface area contributed by atoms with E-state index in [1.165, 1.54) is 0 Å². The maximum absolute atomic E-state index is 5.97. The van der Waals surface area contributed by atoms with Crippen molar-refractivity contribution in [2.75, 3.05) is 14.2 Å². The SMILES string of the molecule is COC(OC)c1cc(OCc2ccccc2)cc(OCc2ccccc2)c1. The van der Waals surface area contributed by atoms with E-state index in [2.05, 4.69) is 0 Å². The molecule has 0 saturated carbocycles. The zero-order chi connectivity index (χ0) is 18.9. The average Bonchev–Trinajstić information content (AvgIpc) is 2.73. The third kappa shape index (κ3) is 5.58. The molecule has 0 aliphatic heterocycles. The van der Waals surface area contributed by atoms with E-state index in [-0.39, 0.29) is 0 Å². The van der Waals surface area contributed by atoms with Crippen LogP contribution in [0.1, 0.15) is 23.0 Å². The van der Waals surface area contributed by atoms with Gasteiger partial charge in [0.05, 0.1) is 0 Å². The monoisotopic (exact) mass is 364 g/mol. The van der Waals surface area contributed by atoms with Gasteiger partial charge in [-0.15, -0.1) is 0 Å². The lowest BCUT2D eigenvalue weighted by atomic mass is 10.2. The van der Waals surface area contributed by atoms with Gasteiger partial charge in [-0.2, -0.15) is 0 Å². The Morgan fingerprint density at radius 2 is 1.07 bits per heavy atom. The Labute approximate surface area is 160 Å². The summed E-state index contributed by atoms with van der Waals surface area (Å²) in [6.07, 6.45) is -0.482. The molecule has 3 aromatic carbocycles. The van der Waals surface area contributed by atoms with Crippen molar-refractivity contribution < 1.29 is 18.9 Å². The predicted molar refractivity (Wildman–Crippen MR) is 105 cm³/mol. The highest BCUT2D eigenvalue weighted by atomic mass is 16.7. The molecule has 3 rings (SSSR count). The first kappa shape index (κ1) is 19.0. The normalized spacial score (nSPS) is 10.8. The van der Waals surface area contributed by atoms with Gasteiger partial charge in [-0.25, -0.2) is 0 Å². The minimum atomic E-state index is -0.482. The highest BCUT2D eigenvalue weighted by Gasteiger charge is 2.13. The fourth-order valence-electron chi connectivity index (χ4n) is 2.75. The van der Waals surface area contributed by atoms with E-state index in [9.17, 15) is 0 Å². The van der Waals surface area contributed by atoms with Crippen LogP contribution in [-0.2, 0) is 22.7 Å². The zero-order valence-electron chi connectivity index (χ0n) is 15.6. The van der Waals surface area contributed by atoms with Crippen LogP contribution in [0.4, 0.5) is 0 Å². The van der Waals surface area contributed by atoms with E-state index in [1.807, 2.05) is 78.9 Å². The van der Waals surface area contributed by atoms with Crippen molar-refractivity contribution in [2.24, 2.45) is 0 Å². The van der Waals surface area contributed by atoms with Gasteiger partial charge in [0, 0.05) is 25.8 Å². The Hall–Kier alpha value is -2.82. The third-order valence-corrected chi connectivity index (χ3v) is 4.10. The molecule has 0 aliphatic rings. The largest absolute Gasteiger partial charge is 0.489 e. The van der Waals surface area contributed by atoms with Crippen molar-refractivity contribution in [3.8, 4) is 11.5 Å². The van der Waals surface area contributed by atoms with E-state index in [4.69, 9.17) is 18.9 Å². The first-order chi connectivity index (χ1) is 13.3. The van der Waals surface area contributed by atoms with Gasteiger partial charge >= 0.3 is 0 Å². The predicted octanol–water partition coefficient (Wildman–Crippen LogP) is 5.14. The smallest absolute Gasteiger partial charge is 0.183 e. The van der Waals surface area contributed by atoms with E-state index < -0.39 is 6.29 Å². The fraction of sp³-hybridized carbons (Fsp3) is 0.217. The van der Waals surface area contributed by atoms with Crippen molar-refractivity contribution in [3.63, 3.8) is 0 Å². The van der Waals surface area contributed by atoms with Gasteiger partial charge in [-0.3, -0.25) is 0 Å². The Kier molecular flexibility index (Phi) is 6.85. The first-order valence-corrected chi connectivity index (χ1v) is 8.82. The highest BCUT2D eigenvalue weighted by molar-refractivity contribution is 5.39. The summed E-state index contributed by atoms with van der Waals surface area (Å²) in [6, 6.07) is 25.8. The van der Waals surface area contributed by atoms with Crippen LogP contribution in [0.3, 0.4) is 0 Å². The molecule has 0 unspecified atom stereocenters. The quantitative estimate of drug-likeness (QED) is 0.493. The summed E-state index contributed by atoms with van der Waals surface area (Å²) in [5, 5.41) is 0. The molecule has 4 heteroatoms. The zero-order valence-corrected chi connectivity index (χ0v) is 15.6. The Morgan fingerprint density at radius 1 is 0.630 bits per heavy atom. The molecular weight excluding hydrogens is 340 g/mol. The number of benzene rings is 3. The number of rotatable bonds is 9. The molecule has 140 valence electrons. The molecule has 0 amide bonds.